The minimum atomic E-state index is -1.80. The molecular weight excluding hydrogens is 400 g/mol. The van der Waals surface area contributed by atoms with Crippen molar-refractivity contribution in [3.05, 3.63) is 47.6 Å². The molecular formula is C27H46O3Si. The molecule has 1 rings (SSSR count). The van der Waals surface area contributed by atoms with Crippen molar-refractivity contribution < 1.29 is 14.0 Å². The number of methoxy groups -OCH3 is 1. The van der Waals surface area contributed by atoms with Crippen molar-refractivity contribution in [3.63, 3.8) is 0 Å². The van der Waals surface area contributed by atoms with Gasteiger partial charge < -0.3 is 9.16 Å². The van der Waals surface area contributed by atoms with Gasteiger partial charge in [-0.2, -0.15) is 0 Å². The van der Waals surface area contributed by atoms with Crippen LogP contribution in [0.4, 0.5) is 0 Å². The average Bonchev–Trinajstić information content (AvgIpc) is 3.14. The van der Waals surface area contributed by atoms with E-state index in [1.54, 1.807) is 0 Å². The zero-order chi connectivity index (χ0) is 23.3. The van der Waals surface area contributed by atoms with Crippen molar-refractivity contribution in [2.24, 2.45) is 0 Å². The number of hydrogen-bond donors (Lipinski definition) is 0. The molecule has 0 spiro atoms. The lowest BCUT2D eigenvalue weighted by Crippen LogP contribution is -2.43. The molecule has 0 bridgehead atoms. The van der Waals surface area contributed by atoms with Crippen LogP contribution in [0.3, 0.4) is 0 Å². The third-order valence-corrected chi connectivity index (χ3v) is 10.9. The van der Waals surface area contributed by atoms with Gasteiger partial charge in [0.2, 0.25) is 0 Å². The predicted molar refractivity (Wildman–Crippen MR) is 136 cm³/mol. The predicted octanol–water partition coefficient (Wildman–Crippen LogP) is 8.06. The molecule has 0 aromatic heterocycles. The Hall–Kier alpha value is -1.39. The van der Waals surface area contributed by atoms with Crippen LogP contribution < -0.4 is 0 Å². The molecule has 3 nitrogen and oxygen atoms in total. The van der Waals surface area contributed by atoms with Gasteiger partial charge in [0.1, 0.15) is 0 Å². The quantitative estimate of drug-likeness (QED) is 0.117. The highest BCUT2D eigenvalue weighted by Crippen LogP contribution is 2.38. The Morgan fingerprint density at radius 1 is 1.19 bits per heavy atom. The molecule has 0 fully saturated rings. The van der Waals surface area contributed by atoms with E-state index in [1.807, 2.05) is 0 Å². The number of unbranched alkanes of at least 4 members (excludes halogenated alkanes) is 3. The Morgan fingerprint density at radius 2 is 1.94 bits per heavy atom. The molecule has 0 heterocycles. The molecule has 0 unspecified atom stereocenters. The second-order valence-electron chi connectivity index (χ2n) is 10.1. The molecule has 4 heteroatoms. The van der Waals surface area contributed by atoms with Crippen LogP contribution in [0.1, 0.15) is 85.5 Å². The molecule has 31 heavy (non-hydrogen) atoms. The summed E-state index contributed by atoms with van der Waals surface area (Å²) in [6.45, 7) is 13.9. The lowest BCUT2D eigenvalue weighted by Gasteiger charge is -2.38. The third-order valence-electron chi connectivity index (χ3n) is 6.42. The maximum Gasteiger partial charge on any atom is 0.305 e. The minimum absolute atomic E-state index is 0.128. The van der Waals surface area contributed by atoms with Crippen LogP contribution in [0, 0.1) is 0 Å². The summed E-state index contributed by atoms with van der Waals surface area (Å²) in [6, 6.07) is 0. The molecule has 0 amide bonds. The van der Waals surface area contributed by atoms with E-state index in [0.717, 1.165) is 32.1 Å². The summed E-state index contributed by atoms with van der Waals surface area (Å²) < 4.78 is 11.4. The van der Waals surface area contributed by atoms with E-state index in [0.29, 0.717) is 6.42 Å². The summed E-state index contributed by atoms with van der Waals surface area (Å²) in [5, 5.41) is 0.222. The Bertz CT molecular complexity index is 662. The fraction of sp³-hybridized carbons (Fsp3) is 0.667. The average molecular weight is 447 g/mol. The first-order chi connectivity index (χ1) is 14.6. The summed E-state index contributed by atoms with van der Waals surface area (Å²) in [6.07, 6.45) is 22.8. The first kappa shape index (κ1) is 27.6. The van der Waals surface area contributed by atoms with Gasteiger partial charge in [0.25, 0.3) is 0 Å². The van der Waals surface area contributed by atoms with E-state index in [4.69, 9.17) is 4.43 Å². The Balaban J connectivity index is 2.73. The molecule has 1 aliphatic rings. The normalized spacial score (nSPS) is 16.1. The van der Waals surface area contributed by atoms with Crippen LogP contribution in [0.15, 0.2) is 47.6 Å². The van der Waals surface area contributed by atoms with Crippen LogP contribution in [0.5, 0.6) is 0 Å². The van der Waals surface area contributed by atoms with E-state index in [2.05, 4.69) is 82.0 Å². The van der Waals surface area contributed by atoms with Crippen LogP contribution in [0.2, 0.25) is 18.1 Å². The third kappa shape index (κ3) is 10.6. The summed E-state index contributed by atoms with van der Waals surface area (Å²) in [5.74, 6) is -0.128. The van der Waals surface area contributed by atoms with Gasteiger partial charge >= 0.3 is 5.97 Å². The first-order valence-electron chi connectivity index (χ1n) is 12.1. The monoisotopic (exact) mass is 446 g/mol. The van der Waals surface area contributed by atoms with E-state index in [-0.39, 0.29) is 17.1 Å². The van der Waals surface area contributed by atoms with Gasteiger partial charge in [-0.25, -0.2) is 0 Å². The van der Waals surface area contributed by atoms with Crippen molar-refractivity contribution in [1.29, 1.82) is 0 Å². The SMILES string of the molecule is CCCCC[C@@H](/C=C/C1=C(C/C=C\CCCC(=O)OC)CC=C1)O[Si](C)(C)C(C)(C)C. The number of hydrogen-bond acceptors (Lipinski definition) is 3. The highest BCUT2D eigenvalue weighted by atomic mass is 28.4. The molecule has 0 radical (unpaired) electrons. The number of rotatable bonds is 14. The Labute approximate surface area is 192 Å². The molecule has 0 N–H and O–H groups in total. The molecule has 0 aromatic carbocycles. The van der Waals surface area contributed by atoms with Gasteiger partial charge in [-0.1, -0.05) is 89.0 Å². The molecule has 1 atom stereocenters. The number of ether oxygens (including phenoxy) is 1. The zero-order valence-corrected chi connectivity index (χ0v) is 22.1. The van der Waals surface area contributed by atoms with Crippen LogP contribution in [-0.4, -0.2) is 27.5 Å². The number of carbonyl (C=O) groups excluding carboxylic acids is 1. The Morgan fingerprint density at radius 3 is 2.58 bits per heavy atom. The molecule has 0 aromatic rings. The maximum atomic E-state index is 11.2. The highest BCUT2D eigenvalue weighted by Gasteiger charge is 2.38. The zero-order valence-electron chi connectivity index (χ0n) is 21.1. The number of carbonyl (C=O) groups is 1. The summed E-state index contributed by atoms with van der Waals surface area (Å²) in [7, 11) is -0.353. The summed E-state index contributed by atoms with van der Waals surface area (Å²) in [4.78, 5) is 11.2. The number of allylic oxidation sites excluding steroid dienone is 7. The Kier molecular flexibility index (Phi) is 12.4. The fourth-order valence-corrected chi connectivity index (χ4v) is 4.61. The molecule has 1 aliphatic carbocycles. The molecule has 176 valence electrons. The largest absolute Gasteiger partial charge is 0.469 e. The topological polar surface area (TPSA) is 35.5 Å². The van der Waals surface area contributed by atoms with Crippen molar-refractivity contribution in [3.8, 4) is 0 Å². The maximum absolute atomic E-state index is 11.2. The van der Waals surface area contributed by atoms with Gasteiger partial charge in [0.15, 0.2) is 8.32 Å². The summed E-state index contributed by atoms with van der Waals surface area (Å²) >= 11 is 0. The fourth-order valence-electron chi connectivity index (χ4n) is 3.30. The van der Waals surface area contributed by atoms with Crippen molar-refractivity contribution in [2.45, 2.75) is 110 Å². The van der Waals surface area contributed by atoms with Gasteiger partial charge in [-0.3, -0.25) is 4.79 Å². The van der Waals surface area contributed by atoms with E-state index < -0.39 is 8.32 Å². The van der Waals surface area contributed by atoms with E-state index in [1.165, 1.54) is 37.5 Å². The molecule has 0 saturated carbocycles. The smallest absolute Gasteiger partial charge is 0.305 e. The lowest BCUT2D eigenvalue weighted by molar-refractivity contribution is -0.140. The van der Waals surface area contributed by atoms with E-state index >= 15 is 0 Å². The van der Waals surface area contributed by atoms with Crippen LogP contribution >= 0.6 is 0 Å². The van der Waals surface area contributed by atoms with Crippen molar-refractivity contribution >= 4 is 14.3 Å². The van der Waals surface area contributed by atoms with Gasteiger partial charge in [-0.15, -0.1) is 0 Å². The van der Waals surface area contributed by atoms with Gasteiger partial charge in [0, 0.05) is 6.42 Å². The van der Waals surface area contributed by atoms with E-state index in [9.17, 15) is 4.79 Å². The first-order valence-corrected chi connectivity index (χ1v) is 15.0. The van der Waals surface area contributed by atoms with Crippen LogP contribution in [-0.2, 0) is 14.0 Å². The second-order valence-corrected chi connectivity index (χ2v) is 14.8. The number of esters is 1. The second kappa shape index (κ2) is 13.9. The van der Waals surface area contributed by atoms with Gasteiger partial charge in [0.05, 0.1) is 13.2 Å². The molecule has 0 aliphatic heterocycles. The minimum Gasteiger partial charge on any atom is -0.469 e. The van der Waals surface area contributed by atoms with Crippen molar-refractivity contribution in [1.82, 2.24) is 0 Å². The van der Waals surface area contributed by atoms with Crippen LogP contribution in [0.25, 0.3) is 0 Å². The van der Waals surface area contributed by atoms with Gasteiger partial charge in [-0.05, 0) is 55.8 Å². The lowest BCUT2D eigenvalue weighted by atomic mass is 10.0. The van der Waals surface area contributed by atoms with Crippen molar-refractivity contribution in [2.75, 3.05) is 7.11 Å². The summed E-state index contributed by atoms with van der Waals surface area (Å²) in [5.41, 5.74) is 2.79. The highest BCUT2D eigenvalue weighted by molar-refractivity contribution is 6.74. The standard InChI is InChI=1S/C27H46O3Si/c1-8-9-12-19-25(30-31(6,7)27(2,3)4)22-21-24-18-15-17-23(24)16-13-10-11-14-20-26(28)29-5/h10,13,15,18,21-22,25H,8-9,11-12,14,16-17,19-20H2,1-7H3/b13-10-,22-21+/t25-/m0/s1. The molecule has 0 saturated heterocycles.